The fourth-order valence-corrected chi connectivity index (χ4v) is 4.43. The number of nitrogens with two attached hydrogens (primary N) is 2. The zero-order chi connectivity index (χ0) is 26.6. The van der Waals surface area contributed by atoms with Crippen molar-refractivity contribution in [3.63, 3.8) is 0 Å². The van der Waals surface area contributed by atoms with E-state index >= 15 is 0 Å². The van der Waals surface area contributed by atoms with Crippen molar-refractivity contribution in [3.8, 4) is 5.75 Å². The largest absolute Gasteiger partial charge is 0.508 e. The zero-order valence-electron chi connectivity index (χ0n) is 20.1. The molecule has 0 radical (unpaired) electrons. The first kappa shape index (κ1) is 27.0. The number of nitrogens with zero attached hydrogens (tertiary/aromatic N) is 2. The summed E-state index contributed by atoms with van der Waals surface area (Å²) in [5.41, 5.74) is 12.6. The molecule has 0 aliphatic heterocycles. The normalized spacial score (nSPS) is 11.8. The number of primary amides is 1. The van der Waals surface area contributed by atoms with E-state index in [1.54, 1.807) is 30.3 Å². The Balaban J connectivity index is 2.18. The Kier molecular flexibility index (Phi) is 8.54. The van der Waals surface area contributed by atoms with Gasteiger partial charge in [-0.1, -0.05) is 43.6 Å². The highest BCUT2D eigenvalue weighted by molar-refractivity contribution is 7.09. The van der Waals surface area contributed by atoms with Gasteiger partial charge in [-0.3, -0.25) is 19.3 Å². The van der Waals surface area contributed by atoms with Crippen LogP contribution in [0.25, 0.3) is 0 Å². The molecule has 11 heteroatoms. The second-order valence-corrected chi connectivity index (χ2v) is 9.90. The Morgan fingerprint density at radius 1 is 1.17 bits per heavy atom. The van der Waals surface area contributed by atoms with Crippen LogP contribution in [0.5, 0.6) is 5.75 Å². The average molecular weight is 530 g/mol. The van der Waals surface area contributed by atoms with Crippen molar-refractivity contribution in [2.24, 2.45) is 11.7 Å². The van der Waals surface area contributed by atoms with Crippen molar-refractivity contribution in [3.05, 3.63) is 69.2 Å². The number of rotatable bonds is 9. The third-order valence-electron chi connectivity index (χ3n) is 5.54. The van der Waals surface area contributed by atoms with Crippen LogP contribution in [0.2, 0.25) is 5.02 Å². The molecule has 3 rings (SSSR count). The van der Waals surface area contributed by atoms with E-state index in [0.29, 0.717) is 28.7 Å². The summed E-state index contributed by atoms with van der Waals surface area (Å²) >= 11 is 7.11. The maximum absolute atomic E-state index is 14.0. The number of aryl methyl sites for hydroxylation is 1. The van der Waals surface area contributed by atoms with Gasteiger partial charge in [-0.05, 0) is 66.2 Å². The molecule has 0 unspecified atom stereocenters. The quantitative estimate of drug-likeness (QED) is 0.328. The molecule has 0 saturated heterocycles. The van der Waals surface area contributed by atoms with E-state index in [9.17, 15) is 19.5 Å². The van der Waals surface area contributed by atoms with Crippen LogP contribution >= 0.6 is 23.1 Å². The van der Waals surface area contributed by atoms with Crippen LogP contribution in [-0.4, -0.2) is 33.7 Å². The first-order valence-corrected chi connectivity index (χ1v) is 12.4. The number of nitrogen functional groups attached to an aromatic ring is 1. The zero-order valence-corrected chi connectivity index (χ0v) is 21.7. The van der Waals surface area contributed by atoms with Crippen LogP contribution in [0.1, 0.15) is 57.6 Å². The lowest BCUT2D eigenvalue weighted by Gasteiger charge is -2.31. The highest BCUT2D eigenvalue weighted by Gasteiger charge is 2.36. The number of benzene rings is 2. The third-order valence-corrected chi connectivity index (χ3v) is 6.80. The maximum Gasteiger partial charge on any atom is 0.273 e. The van der Waals surface area contributed by atoms with Crippen LogP contribution in [-0.2, 0) is 4.79 Å². The number of aromatic nitrogens is 1. The van der Waals surface area contributed by atoms with Crippen molar-refractivity contribution < 1.29 is 19.5 Å². The molecule has 36 heavy (non-hydrogen) atoms. The Hall–Kier alpha value is -3.63. The molecule has 3 aromatic rings. The summed E-state index contributed by atoms with van der Waals surface area (Å²) < 4.78 is 3.94. The number of aromatic hydroxyl groups is 1. The first-order valence-electron chi connectivity index (χ1n) is 11.2. The smallest absolute Gasteiger partial charge is 0.273 e. The molecule has 9 nitrogen and oxygen atoms in total. The van der Waals surface area contributed by atoms with E-state index in [1.165, 1.54) is 17.0 Å². The number of phenols is 1. The molecular formula is C25H28ClN5O4S. The van der Waals surface area contributed by atoms with E-state index in [0.717, 1.165) is 23.5 Å². The van der Waals surface area contributed by atoms with Crippen LogP contribution in [0.15, 0.2) is 42.5 Å². The minimum absolute atomic E-state index is 0.00627. The Bertz CT molecular complexity index is 1280. The molecule has 2 aromatic carbocycles. The van der Waals surface area contributed by atoms with Gasteiger partial charge in [-0.2, -0.15) is 4.37 Å². The minimum atomic E-state index is -1.15. The summed E-state index contributed by atoms with van der Waals surface area (Å²) in [6, 6.07) is 9.80. The number of hydrogen-bond donors (Lipinski definition) is 4. The number of anilines is 2. The molecule has 1 atom stereocenters. The lowest BCUT2D eigenvalue weighted by Crippen LogP contribution is -2.44. The maximum atomic E-state index is 14.0. The van der Waals surface area contributed by atoms with Gasteiger partial charge in [-0.15, -0.1) is 0 Å². The second kappa shape index (κ2) is 11.4. The minimum Gasteiger partial charge on any atom is -0.508 e. The van der Waals surface area contributed by atoms with Gasteiger partial charge >= 0.3 is 0 Å². The molecule has 1 heterocycles. The Morgan fingerprint density at radius 3 is 2.39 bits per heavy atom. The number of hydrogen-bond acceptors (Lipinski definition) is 7. The third kappa shape index (κ3) is 5.95. The molecule has 190 valence electrons. The van der Waals surface area contributed by atoms with E-state index in [2.05, 4.69) is 9.69 Å². The van der Waals surface area contributed by atoms with Crippen molar-refractivity contribution >= 4 is 52.2 Å². The summed E-state index contributed by atoms with van der Waals surface area (Å²) in [5.74, 6) is -1.60. The van der Waals surface area contributed by atoms with Crippen molar-refractivity contribution in [2.45, 2.75) is 33.2 Å². The van der Waals surface area contributed by atoms with Crippen molar-refractivity contribution in [1.82, 2.24) is 9.69 Å². The summed E-state index contributed by atoms with van der Waals surface area (Å²) in [5, 5.41) is 13.1. The van der Waals surface area contributed by atoms with Crippen LogP contribution < -0.4 is 21.7 Å². The molecule has 3 amide bonds. The topological polar surface area (TPSA) is 152 Å². The fraction of sp³-hybridized carbons (Fsp3) is 0.280. The number of carbonyl (C=O) groups excluding carboxylic acids is 3. The van der Waals surface area contributed by atoms with Crippen LogP contribution in [0.3, 0.4) is 0 Å². The second-order valence-electron chi connectivity index (χ2n) is 8.71. The standard InChI is InChI=1S/C25H28ClN5O4S/c1-13(2)10-11-29-24(34)21(15-5-8-17(32)9-6-15)31(16-7-4-14(3)18(26)12-16)25(35)22-19(27)20(23(28)33)30-36-22/h4-9,12-13,21,32H,10-11,27H2,1-3H3,(H2,28,33)(H,29,34)/t21-/m1/s1. The summed E-state index contributed by atoms with van der Waals surface area (Å²) in [6.45, 7) is 6.29. The number of amides is 3. The highest BCUT2D eigenvalue weighted by Crippen LogP contribution is 2.35. The molecule has 1 aromatic heterocycles. The molecule has 0 saturated carbocycles. The van der Waals surface area contributed by atoms with Crippen LogP contribution in [0, 0.1) is 12.8 Å². The fourth-order valence-electron chi connectivity index (χ4n) is 3.51. The van der Waals surface area contributed by atoms with Gasteiger partial charge in [0.25, 0.3) is 11.8 Å². The van der Waals surface area contributed by atoms with E-state index in [4.69, 9.17) is 23.1 Å². The van der Waals surface area contributed by atoms with Gasteiger partial charge in [0.05, 0.1) is 5.69 Å². The van der Waals surface area contributed by atoms with Gasteiger partial charge in [0, 0.05) is 17.3 Å². The van der Waals surface area contributed by atoms with E-state index in [-0.39, 0.29) is 22.0 Å². The number of nitrogens with one attached hydrogen (secondary N) is 1. The predicted molar refractivity (Wildman–Crippen MR) is 141 cm³/mol. The van der Waals surface area contributed by atoms with Crippen molar-refractivity contribution in [2.75, 3.05) is 17.2 Å². The van der Waals surface area contributed by atoms with E-state index in [1.807, 2.05) is 20.8 Å². The Morgan fingerprint density at radius 2 is 1.83 bits per heavy atom. The molecule has 6 N–H and O–H groups in total. The molecule has 0 spiro atoms. The Labute approximate surface area is 218 Å². The first-order chi connectivity index (χ1) is 17.0. The molecular weight excluding hydrogens is 502 g/mol. The van der Waals surface area contributed by atoms with Gasteiger partial charge in [0.15, 0.2) is 5.69 Å². The predicted octanol–water partition coefficient (Wildman–Crippen LogP) is 4.04. The summed E-state index contributed by atoms with van der Waals surface area (Å²) in [4.78, 5) is 40.5. The van der Waals surface area contributed by atoms with Crippen LogP contribution in [0.4, 0.5) is 11.4 Å². The molecule has 0 bridgehead atoms. The number of carbonyl (C=O) groups is 3. The van der Waals surface area contributed by atoms with Gasteiger partial charge in [0.2, 0.25) is 5.91 Å². The number of phenolic OH excluding ortho intramolecular Hbond substituents is 1. The average Bonchev–Trinajstić information content (AvgIpc) is 3.21. The number of halogens is 1. The monoisotopic (exact) mass is 529 g/mol. The van der Waals surface area contributed by atoms with Crippen molar-refractivity contribution in [1.29, 1.82) is 0 Å². The van der Waals surface area contributed by atoms with Gasteiger partial charge in [0.1, 0.15) is 16.7 Å². The van der Waals surface area contributed by atoms with Gasteiger partial charge in [-0.25, -0.2) is 0 Å². The van der Waals surface area contributed by atoms with E-state index < -0.39 is 23.8 Å². The molecule has 0 fully saturated rings. The summed E-state index contributed by atoms with van der Waals surface area (Å²) in [6.07, 6.45) is 0.738. The SMILES string of the molecule is Cc1ccc(N(C(=O)c2snc(C(N)=O)c2N)[C@@H](C(=O)NCCC(C)C)c2ccc(O)cc2)cc1Cl. The highest BCUT2D eigenvalue weighted by atomic mass is 35.5. The lowest BCUT2D eigenvalue weighted by atomic mass is 10.0. The molecule has 0 aliphatic rings. The lowest BCUT2D eigenvalue weighted by molar-refractivity contribution is -0.122. The summed E-state index contributed by atoms with van der Waals surface area (Å²) in [7, 11) is 0. The van der Waals surface area contributed by atoms with Gasteiger partial charge < -0.3 is 21.9 Å². The molecule has 0 aliphatic carbocycles.